The van der Waals surface area contributed by atoms with Crippen LogP contribution in [0.3, 0.4) is 0 Å². The molecule has 1 aliphatic heterocycles. The molecule has 0 saturated carbocycles. The van der Waals surface area contributed by atoms with Crippen LogP contribution in [0.15, 0.2) is 18.2 Å². The van der Waals surface area contributed by atoms with Crippen molar-refractivity contribution in [3.05, 3.63) is 34.9 Å². The summed E-state index contributed by atoms with van der Waals surface area (Å²) in [7, 11) is 0. The van der Waals surface area contributed by atoms with Crippen molar-refractivity contribution in [2.75, 3.05) is 19.6 Å². The molecule has 0 aromatic heterocycles. The van der Waals surface area contributed by atoms with Gasteiger partial charge in [-0.25, -0.2) is 0 Å². The lowest BCUT2D eigenvalue weighted by molar-refractivity contribution is -0.143. The van der Waals surface area contributed by atoms with Crippen molar-refractivity contribution in [2.24, 2.45) is 0 Å². The Labute approximate surface area is 159 Å². The van der Waals surface area contributed by atoms with E-state index >= 15 is 0 Å². The zero-order chi connectivity index (χ0) is 19.5. The third kappa shape index (κ3) is 6.00. The van der Waals surface area contributed by atoms with Gasteiger partial charge in [0.25, 0.3) is 5.91 Å². The summed E-state index contributed by atoms with van der Waals surface area (Å²) in [6.07, 6.45) is -8.17. The highest BCUT2D eigenvalue weighted by Gasteiger charge is 2.38. The maximum absolute atomic E-state index is 13.0. The van der Waals surface area contributed by atoms with Crippen LogP contribution in [0, 0.1) is 0 Å². The third-order valence-electron chi connectivity index (χ3n) is 4.31. The number of alkyl halides is 6. The quantitative estimate of drug-likeness (QED) is 0.716. The zero-order valence-corrected chi connectivity index (χ0v) is 15.4. The first-order valence-electron chi connectivity index (χ1n) is 8.35. The fraction of sp³-hybridized carbons (Fsp3) is 0.588. The molecule has 0 unspecified atom stereocenters. The molecular weight excluding hydrogens is 398 g/mol. The van der Waals surface area contributed by atoms with E-state index in [1.54, 1.807) is 6.92 Å². The molecule has 0 spiro atoms. The van der Waals surface area contributed by atoms with Gasteiger partial charge in [-0.3, -0.25) is 4.79 Å². The summed E-state index contributed by atoms with van der Waals surface area (Å²) >= 11 is 0. The fourth-order valence-electron chi connectivity index (χ4n) is 3.05. The SMILES string of the molecule is CCCN(C(=O)c1cc(C(F)(F)F)cc(C(F)(F)F)c1)C1CCNCC1.Cl. The molecule has 154 valence electrons. The van der Waals surface area contributed by atoms with E-state index in [4.69, 9.17) is 0 Å². The number of halogens is 7. The number of amides is 1. The van der Waals surface area contributed by atoms with E-state index in [0.717, 1.165) is 0 Å². The summed E-state index contributed by atoms with van der Waals surface area (Å²) in [6, 6.07) is 0.834. The highest BCUT2D eigenvalue weighted by molar-refractivity contribution is 5.95. The fourth-order valence-corrected chi connectivity index (χ4v) is 3.05. The van der Waals surface area contributed by atoms with Crippen molar-refractivity contribution in [3.8, 4) is 0 Å². The lowest BCUT2D eigenvalue weighted by atomic mass is 10.0. The van der Waals surface area contributed by atoms with E-state index in [1.165, 1.54) is 4.90 Å². The minimum absolute atomic E-state index is 0. The number of nitrogens with zero attached hydrogens (tertiary/aromatic N) is 1. The Hall–Kier alpha value is -1.48. The van der Waals surface area contributed by atoms with E-state index in [1.807, 2.05) is 0 Å². The first-order chi connectivity index (χ1) is 12.0. The number of carbonyl (C=O) groups is 1. The number of carbonyl (C=O) groups excluding carboxylic acids is 1. The number of benzene rings is 1. The molecule has 1 aliphatic rings. The second kappa shape index (κ2) is 9.14. The van der Waals surface area contributed by atoms with E-state index in [-0.39, 0.29) is 31.1 Å². The minimum atomic E-state index is -4.97. The summed E-state index contributed by atoms with van der Waals surface area (Å²) in [5, 5.41) is 3.11. The van der Waals surface area contributed by atoms with Crippen LogP contribution in [0.5, 0.6) is 0 Å². The van der Waals surface area contributed by atoms with Gasteiger partial charge in [-0.2, -0.15) is 26.3 Å². The predicted octanol–water partition coefficient (Wildman–Crippen LogP) is 4.75. The monoisotopic (exact) mass is 418 g/mol. The molecule has 1 saturated heterocycles. The number of hydrogen-bond donors (Lipinski definition) is 1. The van der Waals surface area contributed by atoms with E-state index in [9.17, 15) is 31.1 Å². The number of rotatable bonds is 4. The molecule has 0 atom stereocenters. The van der Waals surface area contributed by atoms with Crippen molar-refractivity contribution in [2.45, 2.75) is 44.6 Å². The van der Waals surface area contributed by atoms with Crippen molar-refractivity contribution in [1.29, 1.82) is 0 Å². The lowest BCUT2D eigenvalue weighted by Crippen LogP contribution is -2.46. The average molecular weight is 419 g/mol. The standard InChI is InChI=1S/C17H20F6N2O.ClH/c1-2-7-25(14-3-5-24-6-4-14)15(26)11-8-12(16(18,19)20)10-13(9-11)17(21,22)23;/h8-10,14,24H,2-7H2,1H3;1H. The topological polar surface area (TPSA) is 32.3 Å². The van der Waals surface area contributed by atoms with Gasteiger partial charge in [0.1, 0.15) is 0 Å². The Kier molecular flexibility index (Phi) is 7.98. The van der Waals surface area contributed by atoms with Gasteiger partial charge in [0.2, 0.25) is 0 Å². The van der Waals surface area contributed by atoms with Crippen LogP contribution in [-0.4, -0.2) is 36.5 Å². The van der Waals surface area contributed by atoms with Crippen molar-refractivity contribution in [3.63, 3.8) is 0 Å². The molecule has 10 heteroatoms. The van der Waals surface area contributed by atoms with Crippen LogP contribution in [0.2, 0.25) is 0 Å². The summed E-state index contributed by atoms with van der Waals surface area (Å²) in [6.45, 7) is 3.37. The van der Waals surface area contributed by atoms with Crippen LogP contribution in [-0.2, 0) is 12.4 Å². The molecule has 1 amide bonds. The molecule has 1 N–H and O–H groups in total. The second-order valence-electron chi connectivity index (χ2n) is 6.27. The molecule has 2 rings (SSSR count). The zero-order valence-electron chi connectivity index (χ0n) is 14.6. The van der Waals surface area contributed by atoms with Crippen LogP contribution >= 0.6 is 12.4 Å². The van der Waals surface area contributed by atoms with E-state index < -0.39 is 35.0 Å². The van der Waals surface area contributed by atoms with Crippen molar-refractivity contribution < 1.29 is 31.1 Å². The molecule has 1 aromatic rings. The summed E-state index contributed by atoms with van der Waals surface area (Å²) in [5.41, 5.74) is -3.53. The molecule has 0 aliphatic carbocycles. The molecule has 3 nitrogen and oxygen atoms in total. The highest BCUT2D eigenvalue weighted by Crippen LogP contribution is 2.36. The molecule has 0 bridgehead atoms. The van der Waals surface area contributed by atoms with Gasteiger partial charge in [0.15, 0.2) is 0 Å². The molecular formula is C17H21ClF6N2O. The first kappa shape index (κ1) is 23.6. The smallest absolute Gasteiger partial charge is 0.336 e. The van der Waals surface area contributed by atoms with Gasteiger partial charge in [-0.05, 0) is 50.6 Å². The summed E-state index contributed by atoms with van der Waals surface area (Å²) < 4.78 is 78.0. The Morgan fingerprint density at radius 3 is 1.93 bits per heavy atom. The van der Waals surface area contributed by atoms with E-state index in [2.05, 4.69) is 5.32 Å². The van der Waals surface area contributed by atoms with Crippen LogP contribution in [0.1, 0.15) is 47.7 Å². The predicted molar refractivity (Wildman–Crippen MR) is 90.9 cm³/mol. The Bertz CT molecular complexity index is 609. The van der Waals surface area contributed by atoms with Gasteiger partial charge in [0, 0.05) is 18.2 Å². The molecule has 1 fully saturated rings. The normalized spacial score (nSPS) is 16.0. The Morgan fingerprint density at radius 2 is 1.52 bits per heavy atom. The molecule has 1 aromatic carbocycles. The van der Waals surface area contributed by atoms with Gasteiger partial charge < -0.3 is 10.2 Å². The van der Waals surface area contributed by atoms with E-state index in [0.29, 0.717) is 44.5 Å². The summed E-state index contributed by atoms with van der Waals surface area (Å²) in [5.74, 6) is -0.796. The highest BCUT2D eigenvalue weighted by atomic mass is 35.5. The largest absolute Gasteiger partial charge is 0.416 e. The minimum Gasteiger partial charge on any atom is -0.336 e. The van der Waals surface area contributed by atoms with Gasteiger partial charge >= 0.3 is 12.4 Å². The third-order valence-corrected chi connectivity index (χ3v) is 4.31. The van der Waals surface area contributed by atoms with Crippen molar-refractivity contribution >= 4 is 18.3 Å². The van der Waals surface area contributed by atoms with Crippen molar-refractivity contribution in [1.82, 2.24) is 10.2 Å². The van der Waals surface area contributed by atoms with Crippen LogP contribution < -0.4 is 5.32 Å². The number of hydrogen-bond acceptors (Lipinski definition) is 2. The second-order valence-corrected chi connectivity index (χ2v) is 6.27. The molecule has 0 radical (unpaired) electrons. The average Bonchev–Trinajstić information content (AvgIpc) is 2.58. The Balaban J connectivity index is 0.00000364. The molecule has 27 heavy (non-hydrogen) atoms. The Morgan fingerprint density at radius 1 is 1.04 bits per heavy atom. The summed E-state index contributed by atoms with van der Waals surface area (Å²) in [4.78, 5) is 14.2. The maximum Gasteiger partial charge on any atom is 0.416 e. The van der Waals surface area contributed by atoms with Gasteiger partial charge in [0.05, 0.1) is 11.1 Å². The van der Waals surface area contributed by atoms with Gasteiger partial charge in [-0.1, -0.05) is 6.92 Å². The lowest BCUT2D eigenvalue weighted by Gasteiger charge is -2.35. The van der Waals surface area contributed by atoms with Gasteiger partial charge in [-0.15, -0.1) is 12.4 Å². The van der Waals surface area contributed by atoms with Crippen LogP contribution in [0.4, 0.5) is 26.3 Å². The number of piperidine rings is 1. The first-order valence-corrected chi connectivity index (χ1v) is 8.35. The molecule has 1 heterocycles. The maximum atomic E-state index is 13.0. The number of nitrogens with one attached hydrogen (secondary N) is 1. The van der Waals surface area contributed by atoms with Crippen LogP contribution in [0.25, 0.3) is 0 Å².